The van der Waals surface area contributed by atoms with Gasteiger partial charge in [0.15, 0.2) is 11.6 Å². The first kappa shape index (κ1) is 20.5. The molecule has 1 amide bonds. The van der Waals surface area contributed by atoms with Crippen LogP contribution in [0.25, 0.3) is 0 Å². The number of aromatic nitrogens is 2. The Bertz CT molecular complexity index is 951. The highest BCUT2D eigenvalue weighted by atomic mass is 32.2. The second kappa shape index (κ2) is 7.32. The number of hydrogen-bond donors (Lipinski definition) is 2. The Labute approximate surface area is 164 Å². The highest BCUT2D eigenvalue weighted by Gasteiger charge is 2.32. The number of carbonyl (C=O) groups is 1. The topological polar surface area (TPSA) is 127 Å². The summed E-state index contributed by atoms with van der Waals surface area (Å²) in [5, 5.41) is 6.46. The molecule has 1 fully saturated rings. The van der Waals surface area contributed by atoms with Crippen LogP contribution in [0.15, 0.2) is 26.2 Å². The van der Waals surface area contributed by atoms with Gasteiger partial charge in [-0.05, 0) is 51.7 Å². The number of nitrogens with one attached hydrogen (secondary N) is 2. The summed E-state index contributed by atoms with van der Waals surface area (Å²) in [7, 11) is -3.86. The molecule has 28 heavy (non-hydrogen) atoms. The van der Waals surface area contributed by atoms with Crippen LogP contribution < -0.4 is 10.0 Å². The van der Waals surface area contributed by atoms with Crippen molar-refractivity contribution in [3.05, 3.63) is 29.6 Å². The van der Waals surface area contributed by atoms with Crippen molar-refractivity contribution in [1.82, 2.24) is 20.2 Å². The fraction of sp³-hybridized carbons (Fsp3) is 0.611. The molecule has 2 aromatic heterocycles. The molecule has 1 aliphatic carbocycles. The average molecular weight is 410 g/mol. The number of hydrogen-bond acceptors (Lipinski definition) is 7. The molecule has 1 unspecified atom stereocenters. The maximum atomic E-state index is 12.6. The van der Waals surface area contributed by atoms with Crippen LogP contribution in [0.4, 0.5) is 0 Å². The van der Waals surface area contributed by atoms with E-state index in [-0.39, 0.29) is 16.8 Å². The Kier molecular flexibility index (Phi) is 5.37. The number of amides is 1. The second-order valence-corrected chi connectivity index (χ2v) is 10.0. The van der Waals surface area contributed by atoms with E-state index in [2.05, 4.69) is 20.2 Å². The van der Waals surface area contributed by atoms with Gasteiger partial charge in [-0.2, -0.15) is 4.98 Å². The zero-order valence-corrected chi connectivity index (χ0v) is 17.5. The Morgan fingerprint density at radius 1 is 1.25 bits per heavy atom. The summed E-state index contributed by atoms with van der Waals surface area (Å²) in [6.07, 6.45) is 2.09. The highest BCUT2D eigenvalue weighted by Crippen LogP contribution is 2.38. The van der Waals surface area contributed by atoms with Crippen LogP contribution >= 0.6 is 0 Å². The van der Waals surface area contributed by atoms with Crippen molar-refractivity contribution in [2.75, 3.05) is 0 Å². The lowest BCUT2D eigenvalue weighted by Crippen LogP contribution is -2.40. The molecule has 10 heteroatoms. The van der Waals surface area contributed by atoms with Crippen molar-refractivity contribution in [3.8, 4) is 0 Å². The molecule has 2 N–H and O–H groups in total. The van der Waals surface area contributed by atoms with Crippen LogP contribution in [-0.4, -0.2) is 30.0 Å². The third-order valence-corrected chi connectivity index (χ3v) is 5.76. The van der Waals surface area contributed by atoms with Gasteiger partial charge in [0.05, 0.1) is 0 Å². The fourth-order valence-electron chi connectivity index (χ4n) is 2.65. The smallest absolute Gasteiger partial charge is 0.287 e. The number of carbonyl (C=O) groups excluding carboxylic acids is 1. The van der Waals surface area contributed by atoms with Crippen molar-refractivity contribution < 1.29 is 22.2 Å². The van der Waals surface area contributed by atoms with Crippen LogP contribution in [0.2, 0.25) is 0 Å². The van der Waals surface area contributed by atoms with E-state index in [9.17, 15) is 13.2 Å². The first-order valence-corrected chi connectivity index (χ1v) is 10.7. The molecular formula is C18H26N4O5S. The van der Waals surface area contributed by atoms with E-state index in [0.29, 0.717) is 17.6 Å². The Hall–Kier alpha value is -2.20. The molecule has 0 radical (unpaired) electrons. The van der Waals surface area contributed by atoms with E-state index in [1.165, 1.54) is 12.1 Å². The van der Waals surface area contributed by atoms with Gasteiger partial charge in [-0.3, -0.25) is 4.79 Å². The van der Waals surface area contributed by atoms with Crippen molar-refractivity contribution in [2.24, 2.45) is 5.92 Å². The Morgan fingerprint density at radius 3 is 2.50 bits per heavy atom. The van der Waals surface area contributed by atoms with Crippen molar-refractivity contribution in [1.29, 1.82) is 0 Å². The zero-order chi connectivity index (χ0) is 20.7. The summed E-state index contributed by atoms with van der Waals surface area (Å²) in [6.45, 7) is 8.98. The van der Waals surface area contributed by atoms with E-state index in [0.717, 1.165) is 12.8 Å². The van der Waals surface area contributed by atoms with Crippen molar-refractivity contribution in [2.45, 2.75) is 70.1 Å². The largest absolute Gasteiger partial charge is 0.438 e. The van der Waals surface area contributed by atoms with Gasteiger partial charge in [0.1, 0.15) is 6.04 Å². The monoisotopic (exact) mass is 410 g/mol. The van der Waals surface area contributed by atoms with Gasteiger partial charge >= 0.3 is 0 Å². The summed E-state index contributed by atoms with van der Waals surface area (Å²) >= 11 is 0. The fourth-order valence-corrected chi connectivity index (χ4v) is 4.00. The van der Waals surface area contributed by atoms with Gasteiger partial charge in [0.25, 0.3) is 15.9 Å². The Morgan fingerprint density at radius 2 is 1.93 bits per heavy atom. The first-order chi connectivity index (χ1) is 13.0. The molecule has 2 heterocycles. The third kappa shape index (κ3) is 4.79. The van der Waals surface area contributed by atoms with Gasteiger partial charge in [0, 0.05) is 11.5 Å². The van der Waals surface area contributed by atoms with Gasteiger partial charge in [-0.1, -0.05) is 19.0 Å². The van der Waals surface area contributed by atoms with E-state index in [1.54, 1.807) is 20.8 Å². The lowest BCUT2D eigenvalue weighted by molar-refractivity contribution is 0.0880. The number of rotatable bonds is 7. The van der Waals surface area contributed by atoms with Crippen molar-refractivity contribution in [3.63, 3.8) is 0 Å². The SMILES string of the molecule is CC(C)C(NC(=O)c1ccc(S(=O)(=O)NC(C)(C)C)o1)c1nc(C2CC2)no1. The molecule has 0 aromatic carbocycles. The van der Waals surface area contributed by atoms with Gasteiger partial charge in [0.2, 0.25) is 11.0 Å². The molecule has 0 aliphatic heterocycles. The second-order valence-electron chi connectivity index (χ2n) is 8.43. The predicted octanol–water partition coefficient (Wildman–Crippen LogP) is 2.74. The van der Waals surface area contributed by atoms with E-state index in [4.69, 9.17) is 8.94 Å². The number of sulfonamides is 1. The summed E-state index contributed by atoms with van der Waals surface area (Å²) < 4.78 is 37.8. The minimum atomic E-state index is -3.86. The summed E-state index contributed by atoms with van der Waals surface area (Å²) in [5.74, 6) is 0.656. The van der Waals surface area contributed by atoms with Crippen LogP contribution in [0.1, 0.15) is 81.7 Å². The summed E-state index contributed by atoms with van der Waals surface area (Å²) in [6, 6.07) is 2.07. The normalized spacial score (nSPS) is 16.4. The lowest BCUT2D eigenvalue weighted by atomic mass is 10.0. The summed E-state index contributed by atoms with van der Waals surface area (Å²) in [4.78, 5) is 17.0. The first-order valence-electron chi connectivity index (χ1n) is 9.24. The lowest BCUT2D eigenvalue weighted by Gasteiger charge is -2.19. The molecule has 1 aliphatic rings. The van der Waals surface area contributed by atoms with E-state index in [1.807, 2.05) is 13.8 Å². The molecule has 3 rings (SSSR count). The molecule has 1 saturated carbocycles. The molecular weight excluding hydrogens is 384 g/mol. The van der Waals surface area contributed by atoms with Crippen LogP contribution in [-0.2, 0) is 10.0 Å². The summed E-state index contributed by atoms with van der Waals surface area (Å²) in [5.41, 5.74) is -0.673. The number of furan rings is 1. The maximum Gasteiger partial charge on any atom is 0.287 e. The molecule has 154 valence electrons. The van der Waals surface area contributed by atoms with Crippen LogP contribution in [0.5, 0.6) is 0 Å². The maximum absolute atomic E-state index is 12.6. The third-order valence-electron chi connectivity index (χ3n) is 4.13. The van der Waals surface area contributed by atoms with E-state index < -0.39 is 27.5 Å². The quantitative estimate of drug-likeness (QED) is 0.718. The van der Waals surface area contributed by atoms with Gasteiger partial charge < -0.3 is 14.3 Å². The molecule has 0 bridgehead atoms. The standard InChI is InChI=1S/C18H26N4O5S/c1-10(2)14(17-20-15(21-27-17)11-6-7-11)19-16(23)12-8-9-13(26-12)28(24,25)22-18(3,4)5/h8-11,14,22H,6-7H2,1-5H3,(H,19,23). The zero-order valence-electron chi connectivity index (χ0n) is 16.6. The van der Waals surface area contributed by atoms with Gasteiger partial charge in [-0.25, -0.2) is 13.1 Å². The molecule has 0 spiro atoms. The highest BCUT2D eigenvalue weighted by molar-refractivity contribution is 7.89. The molecule has 9 nitrogen and oxygen atoms in total. The minimum Gasteiger partial charge on any atom is -0.438 e. The Balaban J connectivity index is 1.74. The van der Waals surface area contributed by atoms with Crippen molar-refractivity contribution >= 4 is 15.9 Å². The van der Waals surface area contributed by atoms with Crippen LogP contribution in [0, 0.1) is 5.92 Å². The predicted molar refractivity (Wildman–Crippen MR) is 100 cm³/mol. The molecule has 2 aromatic rings. The van der Waals surface area contributed by atoms with Gasteiger partial charge in [-0.15, -0.1) is 0 Å². The average Bonchev–Trinajstić information content (AvgIpc) is 3.09. The minimum absolute atomic E-state index is 0.0165. The molecule has 0 saturated heterocycles. The van der Waals surface area contributed by atoms with Crippen LogP contribution in [0.3, 0.4) is 0 Å². The van der Waals surface area contributed by atoms with E-state index >= 15 is 0 Å². The number of nitrogens with zero attached hydrogens (tertiary/aromatic N) is 2. The molecule has 1 atom stereocenters.